The highest BCUT2D eigenvalue weighted by atomic mass is 79.9. The summed E-state index contributed by atoms with van der Waals surface area (Å²) in [6.45, 7) is 6.60. The van der Waals surface area contributed by atoms with E-state index in [-0.39, 0.29) is 11.9 Å². The van der Waals surface area contributed by atoms with Gasteiger partial charge in [0.1, 0.15) is 11.8 Å². The summed E-state index contributed by atoms with van der Waals surface area (Å²) in [5.41, 5.74) is 1.01. The average Bonchev–Trinajstić information content (AvgIpc) is 2.78. The molecular formula is C17H20BrN3O2. The third-order valence-electron chi connectivity index (χ3n) is 5.41. The Balaban J connectivity index is 1.74. The number of anilines is 1. The molecule has 1 aromatic carbocycles. The number of carbonyl (C=O) groups excluding carboxylic acids is 2. The smallest absolute Gasteiger partial charge is 0.246 e. The summed E-state index contributed by atoms with van der Waals surface area (Å²) in [5, 5.41) is 6.37. The lowest BCUT2D eigenvalue weighted by molar-refractivity contribution is -0.153. The Morgan fingerprint density at radius 2 is 1.83 bits per heavy atom. The van der Waals surface area contributed by atoms with E-state index in [0.29, 0.717) is 32.0 Å². The second-order valence-corrected chi connectivity index (χ2v) is 8.50. The van der Waals surface area contributed by atoms with Crippen molar-refractivity contribution in [3.63, 3.8) is 0 Å². The van der Waals surface area contributed by atoms with Gasteiger partial charge in [-0.05, 0) is 18.2 Å². The molecule has 0 aromatic heterocycles. The lowest BCUT2D eigenvalue weighted by Crippen LogP contribution is -2.68. The third-order valence-corrected chi connectivity index (χ3v) is 5.90. The van der Waals surface area contributed by atoms with Crippen molar-refractivity contribution in [3.8, 4) is 0 Å². The maximum Gasteiger partial charge on any atom is 0.246 e. The molecule has 4 rings (SSSR count). The number of nitrogens with zero attached hydrogens (tertiary/aromatic N) is 1. The van der Waals surface area contributed by atoms with E-state index in [9.17, 15) is 9.59 Å². The fourth-order valence-electron chi connectivity index (χ4n) is 4.47. The van der Waals surface area contributed by atoms with Crippen molar-refractivity contribution in [1.82, 2.24) is 10.2 Å². The van der Waals surface area contributed by atoms with Crippen molar-refractivity contribution in [2.75, 3.05) is 31.5 Å². The van der Waals surface area contributed by atoms with Crippen LogP contribution in [0.3, 0.4) is 0 Å². The minimum atomic E-state index is -0.430. The highest BCUT2D eigenvalue weighted by Gasteiger charge is 2.55. The normalized spacial score (nSPS) is 36.7. The predicted molar refractivity (Wildman–Crippen MR) is 91.2 cm³/mol. The molecule has 0 saturated carbocycles. The Labute approximate surface area is 143 Å². The van der Waals surface area contributed by atoms with Crippen LogP contribution in [0.5, 0.6) is 0 Å². The highest BCUT2D eigenvalue weighted by Crippen LogP contribution is 2.45. The molecule has 5 nitrogen and oxygen atoms in total. The molecule has 122 valence electrons. The van der Waals surface area contributed by atoms with Crippen molar-refractivity contribution in [2.24, 2.45) is 10.8 Å². The SMILES string of the molecule is CC12CNCC(C)(CN(C3C(=O)Nc4ccc(Br)cc43)C1)C2=O. The van der Waals surface area contributed by atoms with Crippen LogP contribution >= 0.6 is 15.9 Å². The van der Waals surface area contributed by atoms with Gasteiger partial charge < -0.3 is 10.6 Å². The summed E-state index contributed by atoms with van der Waals surface area (Å²) in [5.74, 6) is 0.332. The lowest BCUT2D eigenvalue weighted by atomic mass is 9.64. The maximum absolute atomic E-state index is 12.8. The predicted octanol–water partition coefficient (Wildman–Crippen LogP) is 1.94. The zero-order valence-corrected chi connectivity index (χ0v) is 14.9. The Bertz CT molecular complexity index is 700. The van der Waals surface area contributed by atoms with E-state index in [1.54, 1.807) is 0 Å². The Morgan fingerprint density at radius 1 is 1.17 bits per heavy atom. The molecule has 2 N–H and O–H groups in total. The molecule has 3 heterocycles. The minimum absolute atomic E-state index is 0.00526. The number of nitrogens with one attached hydrogen (secondary N) is 2. The van der Waals surface area contributed by atoms with E-state index >= 15 is 0 Å². The van der Waals surface area contributed by atoms with Gasteiger partial charge in [-0.2, -0.15) is 0 Å². The molecule has 0 radical (unpaired) electrons. The van der Waals surface area contributed by atoms with Crippen LogP contribution in [0.4, 0.5) is 5.69 Å². The molecule has 2 saturated heterocycles. The Hall–Kier alpha value is -1.24. The van der Waals surface area contributed by atoms with Gasteiger partial charge in [-0.15, -0.1) is 0 Å². The van der Waals surface area contributed by atoms with E-state index in [1.807, 2.05) is 32.0 Å². The fraction of sp³-hybridized carbons (Fsp3) is 0.529. The van der Waals surface area contributed by atoms with Crippen LogP contribution in [0, 0.1) is 10.8 Å². The van der Waals surface area contributed by atoms with Crippen molar-refractivity contribution < 1.29 is 9.59 Å². The Morgan fingerprint density at radius 3 is 2.48 bits per heavy atom. The molecule has 1 amide bonds. The number of hydrogen-bond acceptors (Lipinski definition) is 4. The van der Waals surface area contributed by atoms with Gasteiger partial charge in [0.15, 0.2) is 0 Å². The summed E-state index contributed by atoms with van der Waals surface area (Å²) in [4.78, 5) is 27.6. The first kappa shape index (κ1) is 15.3. The molecule has 6 heteroatoms. The minimum Gasteiger partial charge on any atom is -0.324 e. The Kier molecular flexibility index (Phi) is 3.25. The van der Waals surface area contributed by atoms with Gasteiger partial charge >= 0.3 is 0 Å². The summed E-state index contributed by atoms with van der Waals surface area (Å²) in [6, 6.07) is 5.56. The average molecular weight is 378 g/mol. The first-order chi connectivity index (χ1) is 10.8. The van der Waals surface area contributed by atoms with Crippen LogP contribution in [-0.4, -0.2) is 42.8 Å². The van der Waals surface area contributed by atoms with Crippen LogP contribution < -0.4 is 10.6 Å². The van der Waals surface area contributed by atoms with Gasteiger partial charge in [0, 0.05) is 41.9 Å². The number of likely N-dealkylation sites (tertiary alicyclic amines) is 1. The van der Waals surface area contributed by atoms with Gasteiger partial charge in [0.05, 0.1) is 10.8 Å². The van der Waals surface area contributed by atoms with Crippen molar-refractivity contribution in [3.05, 3.63) is 28.2 Å². The summed E-state index contributed by atoms with van der Waals surface area (Å²) in [7, 11) is 0. The lowest BCUT2D eigenvalue weighted by Gasteiger charge is -2.53. The largest absolute Gasteiger partial charge is 0.324 e. The number of piperidine rings is 2. The van der Waals surface area contributed by atoms with Gasteiger partial charge in [-0.1, -0.05) is 29.8 Å². The number of hydrogen-bond donors (Lipinski definition) is 2. The van der Waals surface area contributed by atoms with Crippen molar-refractivity contribution in [2.45, 2.75) is 19.9 Å². The summed E-state index contributed by atoms with van der Waals surface area (Å²) >= 11 is 3.49. The molecule has 1 aromatic rings. The molecule has 3 aliphatic rings. The van der Waals surface area contributed by atoms with E-state index in [4.69, 9.17) is 0 Å². The summed E-state index contributed by atoms with van der Waals surface area (Å²) in [6.07, 6.45) is 0. The fourth-order valence-corrected chi connectivity index (χ4v) is 4.85. The van der Waals surface area contributed by atoms with Crippen molar-refractivity contribution in [1.29, 1.82) is 0 Å². The number of rotatable bonds is 1. The van der Waals surface area contributed by atoms with Gasteiger partial charge in [0.25, 0.3) is 0 Å². The number of halogens is 1. The summed E-state index contributed by atoms with van der Waals surface area (Å²) < 4.78 is 0.963. The third kappa shape index (κ3) is 2.19. The quantitative estimate of drug-likeness (QED) is 0.784. The second-order valence-electron chi connectivity index (χ2n) is 7.58. The van der Waals surface area contributed by atoms with E-state index in [1.165, 1.54) is 0 Å². The van der Waals surface area contributed by atoms with E-state index in [2.05, 4.69) is 31.5 Å². The molecule has 0 spiro atoms. The van der Waals surface area contributed by atoms with Gasteiger partial charge in [-0.3, -0.25) is 14.5 Å². The standard InChI is InChI=1S/C17H20BrN3O2/c1-16-6-19-7-17(2,15(16)23)9-21(8-16)13-11-5-10(18)3-4-12(11)20-14(13)22/h3-5,13,19H,6-9H2,1-2H3,(H,20,22). The first-order valence-electron chi connectivity index (χ1n) is 7.92. The van der Waals surface area contributed by atoms with Crippen LogP contribution in [0.25, 0.3) is 0 Å². The number of benzene rings is 1. The van der Waals surface area contributed by atoms with E-state index < -0.39 is 10.8 Å². The molecule has 2 bridgehead atoms. The van der Waals surface area contributed by atoms with Crippen LogP contribution in [0.15, 0.2) is 22.7 Å². The highest BCUT2D eigenvalue weighted by molar-refractivity contribution is 9.10. The number of amides is 1. The topological polar surface area (TPSA) is 61.4 Å². The molecular weight excluding hydrogens is 358 g/mol. The molecule has 0 aliphatic carbocycles. The van der Waals surface area contributed by atoms with Gasteiger partial charge in [-0.25, -0.2) is 0 Å². The number of ketones is 1. The van der Waals surface area contributed by atoms with Crippen LogP contribution in [0.2, 0.25) is 0 Å². The maximum atomic E-state index is 12.8. The van der Waals surface area contributed by atoms with Crippen molar-refractivity contribution >= 4 is 33.3 Å². The van der Waals surface area contributed by atoms with Crippen LogP contribution in [-0.2, 0) is 9.59 Å². The zero-order chi connectivity index (χ0) is 16.4. The molecule has 2 fully saturated rings. The molecule has 3 aliphatic heterocycles. The van der Waals surface area contributed by atoms with Crippen LogP contribution in [0.1, 0.15) is 25.5 Å². The van der Waals surface area contributed by atoms with Gasteiger partial charge in [0.2, 0.25) is 5.91 Å². The first-order valence-corrected chi connectivity index (χ1v) is 8.72. The molecule has 23 heavy (non-hydrogen) atoms. The molecule has 3 unspecified atom stereocenters. The zero-order valence-electron chi connectivity index (χ0n) is 13.3. The number of fused-ring (bicyclic) bond motifs is 3. The number of carbonyl (C=O) groups is 2. The monoisotopic (exact) mass is 377 g/mol. The second kappa shape index (κ2) is 4.88. The van der Waals surface area contributed by atoms with E-state index in [0.717, 1.165) is 15.7 Å². The molecule has 3 atom stereocenters. The number of Topliss-reactive ketones (excluding diaryl/α,β-unsaturated/α-hetero) is 1.